The molecule has 0 saturated heterocycles. The summed E-state index contributed by atoms with van der Waals surface area (Å²) in [4.78, 5) is 27.2. The maximum atomic E-state index is 13.4. The second-order valence-electron chi connectivity index (χ2n) is 6.60. The molecule has 1 saturated carbocycles. The van der Waals surface area contributed by atoms with E-state index < -0.39 is 11.5 Å². The summed E-state index contributed by atoms with van der Waals surface area (Å²) >= 11 is 0. The van der Waals surface area contributed by atoms with Gasteiger partial charge in [0.2, 0.25) is 0 Å². The van der Waals surface area contributed by atoms with Crippen LogP contribution in [-0.4, -0.2) is 29.6 Å². The largest absolute Gasteiger partial charge is 0.497 e. The zero-order valence-corrected chi connectivity index (χ0v) is 14.9. The number of hydrogen-bond donors (Lipinski definition) is 1. The van der Waals surface area contributed by atoms with E-state index in [1.165, 1.54) is 4.90 Å². The predicted molar refractivity (Wildman–Crippen MR) is 99.7 cm³/mol. The van der Waals surface area contributed by atoms with Gasteiger partial charge in [-0.25, -0.2) is 4.79 Å². The van der Waals surface area contributed by atoms with Crippen LogP contribution in [-0.2, 0) is 4.79 Å². The molecule has 1 aliphatic carbocycles. The van der Waals surface area contributed by atoms with Gasteiger partial charge in [-0.3, -0.25) is 9.69 Å². The number of anilines is 1. The number of hydrogen-bond acceptors (Lipinski definition) is 3. The smallest absolute Gasteiger partial charge is 0.330 e. The molecule has 2 aromatic rings. The third kappa shape index (κ3) is 3.29. The van der Waals surface area contributed by atoms with E-state index in [9.17, 15) is 14.7 Å². The lowest BCUT2D eigenvalue weighted by Crippen LogP contribution is -2.58. The number of rotatable bonds is 5. The first-order valence-electron chi connectivity index (χ1n) is 8.85. The number of para-hydroxylation sites is 1. The Morgan fingerprint density at radius 3 is 2.12 bits per heavy atom. The molecule has 0 spiro atoms. The van der Waals surface area contributed by atoms with Crippen LogP contribution in [0, 0.1) is 0 Å². The van der Waals surface area contributed by atoms with E-state index >= 15 is 0 Å². The molecule has 3 rings (SSSR count). The van der Waals surface area contributed by atoms with Crippen molar-refractivity contribution in [1.82, 2.24) is 0 Å². The molecule has 0 unspecified atom stereocenters. The molecule has 0 radical (unpaired) electrons. The molecule has 1 N–H and O–H groups in total. The van der Waals surface area contributed by atoms with Crippen molar-refractivity contribution < 1.29 is 19.4 Å². The first-order valence-corrected chi connectivity index (χ1v) is 8.85. The summed E-state index contributed by atoms with van der Waals surface area (Å²) in [6, 6.07) is 15.9. The molecule has 1 amide bonds. The monoisotopic (exact) mass is 353 g/mol. The highest BCUT2D eigenvalue weighted by molar-refractivity contribution is 6.10. The predicted octanol–water partition coefficient (Wildman–Crippen LogP) is 4.13. The van der Waals surface area contributed by atoms with Crippen LogP contribution < -0.4 is 9.64 Å². The fourth-order valence-corrected chi connectivity index (χ4v) is 3.67. The molecule has 1 fully saturated rings. The van der Waals surface area contributed by atoms with Gasteiger partial charge in [-0.15, -0.1) is 0 Å². The summed E-state index contributed by atoms with van der Waals surface area (Å²) in [5.41, 5.74) is -0.158. The number of nitrogens with zero attached hydrogens (tertiary/aromatic N) is 1. The fraction of sp³-hybridized carbons (Fsp3) is 0.333. The quantitative estimate of drug-likeness (QED) is 0.878. The van der Waals surface area contributed by atoms with Crippen molar-refractivity contribution in [3.63, 3.8) is 0 Å². The Kier molecular flexibility index (Phi) is 5.26. The molecule has 0 heterocycles. The van der Waals surface area contributed by atoms with Crippen molar-refractivity contribution in [1.29, 1.82) is 0 Å². The Morgan fingerprint density at radius 2 is 1.58 bits per heavy atom. The van der Waals surface area contributed by atoms with Gasteiger partial charge < -0.3 is 9.84 Å². The lowest BCUT2D eigenvalue weighted by atomic mass is 9.79. The number of aliphatic carboxylic acids is 1. The van der Waals surface area contributed by atoms with Gasteiger partial charge in [0.15, 0.2) is 0 Å². The van der Waals surface area contributed by atoms with E-state index in [0.29, 0.717) is 29.8 Å². The highest BCUT2D eigenvalue weighted by Gasteiger charge is 2.48. The maximum Gasteiger partial charge on any atom is 0.330 e. The number of carbonyl (C=O) groups excluding carboxylic acids is 1. The number of carbonyl (C=O) groups is 2. The molecule has 136 valence electrons. The van der Waals surface area contributed by atoms with E-state index in [1.807, 2.05) is 18.2 Å². The van der Waals surface area contributed by atoms with E-state index in [4.69, 9.17) is 4.74 Å². The second kappa shape index (κ2) is 7.60. The van der Waals surface area contributed by atoms with Crippen LogP contribution in [0.4, 0.5) is 5.69 Å². The third-order valence-corrected chi connectivity index (χ3v) is 5.06. The van der Waals surface area contributed by atoms with E-state index in [1.54, 1.807) is 43.5 Å². The van der Waals surface area contributed by atoms with Gasteiger partial charge in [-0.05, 0) is 49.2 Å². The SMILES string of the molecule is COc1ccc(C(=O)N(c2ccccc2)C2(C(=O)O)CCCCC2)cc1. The number of carboxylic acid groups (broad SMARTS) is 1. The highest BCUT2D eigenvalue weighted by Crippen LogP contribution is 2.38. The van der Waals surface area contributed by atoms with E-state index in [-0.39, 0.29) is 5.91 Å². The molecule has 0 bridgehead atoms. The van der Waals surface area contributed by atoms with Crippen LogP contribution in [0.25, 0.3) is 0 Å². The van der Waals surface area contributed by atoms with Gasteiger partial charge in [0.1, 0.15) is 11.3 Å². The topological polar surface area (TPSA) is 66.8 Å². The minimum atomic E-state index is -1.21. The first-order chi connectivity index (χ1) is 12.6. The maximum absolute atomic E-state index is 13.4. The lowest BCUT2D eigenvalue weighted by Gasteiger charge is -2.43. The van der Waals surface area contributed by atoms with Crippen molar-refractivity contribution >= 4 is 17.6 Å². The van der Waals surface area contributed by atoms with Crippen LogP contribution in [0.15, 0.2) is 54.6 Å². The van der Waals surface area contributed by atoms with Crippen molar-refractivity contribution in [2.24, 2.45) is 0 Å². The molecular weight excluding hydrogens is 330 g/mol. The summed E-state index contributed by atoms with van der Waals surface area (Å²) in [6.07, 6.45) is 3.50. The molecule has 0 atom stereocenters. The minimum absolute atomic E-state index is 0.303. The Hall–Kier alpha value is -2.82. The molecule has 0 aliphatic heterocycles. The Morgan fingerprint density at radius 1 is 0.962 bits per heavy atom. The Balaban J connectivity index is 2.08. The zero-order chi connectivity index (χ0) is 18.6. The summed E-state index contributed by atoms with van der Waals surface area (Å²) in [7, 11) is 1.56. The van der Waals surface area contributed by atoms with Gasteiger partial charge >= 0.3 is 5.97 Å². The van der Waals surface area contributed by atoms with Crippen LogP contribution >= 0.6 is 0 Å². The standard InChI is InChI=1S/C21H23NO4/c1-26-18-12-10-16(11-13-18)19(23)22(17-8-4-2-5-9-17)21(20(24)25)14-6-3-7-15-21/h2,4-5,8-13H,3,6-7,14-15H2,1H3,(H,24,25). The van der Waals surface area contributed by atoms with E-state index in [0.717, 1.165) is 19.3 Å². The van der Waals surface area contributed by atoms with Crippen LogP contribution in [0.5, 0.6) is 5.75 Å². The molecule has 0 aromatic heterocycles. The van der Waals surface area contributed by atoms with Gasteiger partial charge in [0.25, 0.3) is 5.91 Å². The average molecular weight is 353 g/mol. The van der Waals surface area contributed by atoms with Crippen molar-refractivity contribution in [3.8, 4) is 5.75 Å². The van der Waals surface area contributed by atoms with Gasteiger partial charge in [-0.1, -0.05) is 37.5 Å². The minimum Gasteiger partial charge on any atom is -0.497 e. The van der Waals surface area contributed by atoms with Crippen molar-refractivity contribution in [2.45, 2.75) is 37.6 Å². The van der Waals surface area contributed by atoms with Crippen molar-refractivity contribution in [3.05, 3.63) is 60.2 Å². The normalized spacial score (nSPS) is 15.9. The van der Waals surface area contributed by atoms with Gasteiger partial charge in [-0.2, -0.15) is 0 Å². The number of amides is 1. The molecular formula is C21H23NO4. The Bertz CT molecular complexity index is 764. The summed E-state index contributed by atoms with van der Waals surface area (Å²) in [6.45, 7) is 0. The number of ether oxygens (including phenoxy) is 1. The molecule has 2 aromatic carbocycles. The highest BCUT2D eigenvalue weighted by atomic mass is 16.5. The Labute approximate surface area is 153 Å². The van der Waals surface area contributed by atoms with Crippen molar-refractivity contribution in [2.75, 3.05) is 12.0 Å². The molecule has 5 nitrogen and oxygen atoms in total. The third-order valence-electron chi connectivity index (χ3n) is 5.06. The summed E-state index contributed by atoms with van der Waals surface area (Å²) in [5.74, 6) is -0.593. The van der Waals surface area contributed by atoms with Crippen LogP contribution in [0.1, 0.15) is 42.5 Å². The zero-order valence-electron chi connectivity index (χ0n) is 14.9. The average Bonchev–Trinajstić information content (AvgIpc) is 2.69. The fourth-order valence-electron chi connectivity index (χ4n) is 3.67. The number of carboxylic acids is 1. The summed E-state index contributed by atoms with van der Waals surface area (Å²) in [5, 5.41) is 10.1. The van der Waals surface area contributed by atoms with Crippen LogP contribution in [0.2, 0.25) is 0 Å². The molecule has 1 aliphatic rings. The van der Waals surface area contributed by atoms with Gasteiger partial charge in [0.05, 0.1) is 7.11 Å². The van der Waals surface area contributed by atoms with E-state index in [2.05, 4.69) is 0 Å². The number of benzene rings is 2. The van der Waals surface area contributed by atoms with Crippen LogP contribution in [0.3, 0.4) is 0 Å². The molecule has 5 heteroatoms. The van der Waals surface area contributed by atoms with Gasteiger partial charge in [0, 0.05) is 11.3 Å². The number of methoxy groups -OCH3 is 1. The molecule has 26 heavy (non-hydrogen) atoms. The second-order valence-corrected chi connectivity index (χ2v) is 6.60. The lowest BCUT2D eigenvalue weighted by molar-refractivity contribution is -0.144. The first kappa shape index (κ1) is 18.0. The summed E-state index contributed by atoms with van der Waals surface area (Å²) < 4.78 is 5.15.